The molecule has 20 heavy (non-hydrogen) atoms. The summed E-state index contributed by atoms with van der Waals surface area (Å²) in [7, 11) is 1.67. The second-order valence-corrected chi connectivity index (χ2v) is 6.20. The van der Waals surface area contributed by atoms with Crippen molar-refractivity contribution in [2.45, 2.75) is 32.3 Å². The molecule has 0 radical (unpaired) electrons. The van der Waals surface area contributed by atoms with Gasteiger partial charge in [0.1, 0.15) is 5.75 Å². The van der Waals surface area contributed by atoms with Crippen molar-refractivity contribution >= 4 is 15.9 Å². The van der Waals surface area contributed by atoms with E-state index in [1.165, 1.54) is 5.69 Å². The van der Waals surface area contributed by atoms with Crippen LogP contribution in [0.5, 0.6) is 5.75 Å². The molecule has 0 aliphatic heterocycles. The largest absolute Gasteiger partial charge is 0.497 e. The fraction of sp³-hybridized carbons (Fsp3) is 0.375. The SMILES string of the molecule is COc1cc(Br)cc(-n2c(C)cc3c2CCCC3O)c1. The van der Waals surface area contributed by atoms with Gasteiger partial charge in [0.05, 0.1) is 18.9 Å². The molecule has 1 aromatic carbocycles. The third kappa shape index (κ3) is 2.27. The number of aromatic nitrogens is 1. The first-order chi connectivity index (χ1) is 9.60. The average Bonchev–Trinajstić information content (AvgIpc) is 2.76. The lowest BCUT2D eigenvalue weighted by Gasteiger charge is -2.21. The first-order valence-corrected chi connectivity index (χ1v) is 7.63. The minimum absolute atomic E-state index is 0.326. The van der Waals surface area contributed by atoms with Gasteiger partial charge in [0.2, 0.25) is 0 Å². The van der Waals surface area contributed by atoms with Crippen molar-refractivity contribution in [3.05, 3.63) is 45.7 Å². The Bertz CT molecular complexity index is 648. The summed E-state index contributed by atoms with van der Waals surface area (Å²) in [6.07, 6.45) is 2.57. The molecule has 1 aliphatic carbocycles. The summed E-state index contributed by atoms with van der Waals surface area (Å²) in [4.78, 5) is 0. The van der Waals surface area contributed by atoms with E-state index < -0.39 is 0 Å². The Hall–Kier alpha value is -1.26. The van der Waals surface area contributed by atoms with Crippen LogP contribution in [0, 0.1) is 6.92 Å². The van der Waals surface area contributed by atoms with E-state index in [0.29, 0.717) is 0 Å². The molecule has 0 saturated carbocycles. The van der Waals surface area contributed by atoms with Crippen LogP contribution in [0.1, 0.15) is 35.9 Å². The molecule has 1 atom stereocenters. The zero-order valence-corrected chi connectivity index (χ0v) is 13.3. The van der Waals surface area contributed by atoms with Crippen molar-refractivity contribution in [1.29, 1.82) is 0 Å². The van der Waals surface area contributed by atoms with Crippen LogP contribution in [0.2, 0.25) is 0 Å². The highest BCUT2D eigenvalue weighted by Gasteiger charge is 2.23. The van der Waals surface area contributed by atoms with Gasteiger partial charge in [-0.05, 0) is 44.4 Å². The zero-order valence-electron chi connectivity index (χ0n) is 11.7. The predicted molar refractivity (Wildman–Crippen MR) is 82.7 cm³/mol. The average molecular weight is 336 g/mol. The Morgan fingerprint density at radius 2 is 2.10 bits per heavy atom. The number of benzene rings is 1. The first kappa shape index (κ1) is 13.7. The summed E-state index contributed by atoms with van der Waals surface area (Å²) in [5.41, 5.74) is 4.52. The number of aliphatic hydroxyl groups excluding tert-OH is 1. The van der Waals surface area contributed by atoms with E-state index in [2.05, 4.69) is 39.6 Å². The topological polar surface area (TPSA) is 34.4 Å². The van der Waals surface area contributed by atoms with Crippen molar-refractivity contribution < 1.29 is 9.84 Å². The van der Waals surface area contributed by atoms with Gasteiger partial charge >= 0.3 is 0 Å². The highest BCUT2D eigenvalue weighted by molar-refractivity contribution is 9.10. The molecule has 0 amide bonds. The molecule has 3 nitrogen and oxygen atoms in total. The summed E-state index contributed by atoms with van der Waals surface area (Å²) in [5, 5.41) is 10.2. The summed E-state index contributed by atoms with van der Waals surface area (Å²) in [6.45, 7) is 2.08. The van der Waals surface area contributed by atoms with E-state index in [1.54, 1.807) is 7.11 Å². The third-order valence-corrected chi connectivity index (χ3v) is 4.38. The van der Waals surface area contributed by atoms with Gasteiger partial charge in [0.25, 0.3) is 0 Å². The molecule has 1 unspecified atom stereocenters. The Labute approximate surface area is 127 Å². The van der Waals surface area contributed by atoms with Gasteiger partial charge in [-0.2, -0.15) is 0 Å². The van der Waals surface area contributed by atoms with E-state index >= 15 is 0 Å². The monoisotopic (exact) mass is 335 g/mol. The van der Waals surface area contributed by atoms with E-state index in [9.17, 15) is 5.11 Å². The van der Waals surface area contributed by atoms with Crippen LogP contribution in [0.25, 0.3) is 5.69 Å². The molecular weight excluding hydrogens is 318 g/mol. The zero-order chi connectivity index (χ0) is 14.3. The van der Waals surface area contributed by atoms with Crippen LogP contribution in [0.3, 0.4) is 0 Å². The van der Waals surface area contributed by atoms with Gasteiger partial charge in [0, 0.05) is 27.5 Å². The molecule has 1 aromatic heterocycles. The maximum absolute atomic E-state index is 10.2. The lowest BCUT2D eigenvalue weighted by Crippen LogP contribution is -2.11. The van der Waals surface area contributed by atoms with Gasteiger partial charge in [0.15, 0.2) is 0 Å². The molecule has 0 spiro atoms. The van der Waals surface area contributed by atoms with Crippen LogP contribution >= 0.6 is 15.9 Å². The molecule has 0 saturated heterocycles. The van der Waals surface area contributed by atoms with Crippen LogP contribution < -0.4 is 4.74 Å². The Morgan fingerprint density at radius 1 is 1.30 bits per heavy atom. The Balaban J connectivity index is 2.17. The van der Waals surface area contributed by atoms with Crippen molar-refractivity contribution in [1.82, 2.24) is 4.57 Å². The lowest BCUT2D eigenvalue weighted by atomic mass is 9.95. The number of halogens is 1. The Kier molecular flexibility index (Phi) is 3.61. The summed E-state index contributed by atoms with van der Waals surface area (Å²) in [5.74, 6) is 0.826. The number of ether oxygens (including phenoxy) is 1. The van der Waals surface area contributed by atoms with Crippen molar-refractivity contribution in [2.75, 3.05) is 7.11 Å². The van der Waals surface area contributed by atoms with Gasteiger partial charge < -0.3 is 14.4 Å². The van der Waals surface area contributed by atoms with Crippen molar-refractivity contribution in [3.8, 4) is 11.4 Å². The third-order valence-electron chi connectivity index (χ3n) is 3.92. The van der Waals surface area contributed by atoms with Gasteiger partial charge in [-0.1, -0.05) is 15.9 Å². The maximum Gasteiger partial charge on any atom is 0.122 e. The second kappa shape index (κ2) is 5.26. The highest BCUT2D eigenvalue weighted by Crippen LogP contribution is 2.35. The minimum atomic E-state index is -0.326. The summed E-state index contributed by atoms with van der Waals surface area (Å²) in [6, 6.07) is 8.16. The number of aliphatic hydroxyl groups is 1. The quantitative estimate of drug-likeness (QED) is 0.902. The fourth-order valence-electron chi connectivity index (χ4n) is 3.03. The molecule has 3 rings (SSSR count). The predicted octanol–water partition coefficient (Wildman–Crippen LogP) is 3.93. The van der Waals surface area contributed by atoms with E-state index in [4.69, 9.17) is 4.74 Å². The lowest BCUT2D eigenvalue weighted by molar-refractivity contribution is 0.156. The fourth-order valence-corrected chi connectivity index (χ4v) is 3.49. The molecule has 4 heteroatoms. The van der Waals surface area contributed by atoms with E-state index in [-0.39, 0.29) is 6.10 Å². The number of hydrogen-bond donors (Lipinski definition) is 1. The number of nitrogens with zero attached hydrogens (tertiary/aromatic N) is 1. The molecular formula is C16H18BrNO2. The maximum atomic E-state index is 10.2. The van der Waals surface area contributed by atoms with Gasteiger partial charge in [-0.3, -0.25) is 0 Å². The van der Waals surface area contributed by atoms with Crippen LogP contribution in [-0.2, 0) is 6.42 Å². The molecule has 2 aromatic rings. The number of methoxy groups -OCH3 is 1. The van der Waals surface area contributed by atoms with E-state index in [0.717, 1.165) is 46.4 Å². The molecule has 0 fully saturated rings. The number of rotatable bonds is 2. The summed E-state index contributed by atoms with van der Waals surface area (Å²) >= 11 is 3.53. The van der Waals surface area contributed by atoms with Gasteiger partial charge in [-0.25, -0.2) is 0 Å². The van der Waals surface area contributed by atoms with Crippen molar-refractivity contribution in [2.24, 2.45) is 0 Å². The standard InChI is InChI=1S/C16H18BrNO2/c1-10-6-14-15(4-3-5-16(14)19)18(10)12-7-11(17)8-13(9-12)20-2/h6-9,16,19H,3-5H2,1-2H3. The summed E-state index contributed by atoms with van der Waals surface area (Å²) < 4.78 is 8.56. The van der Waals surface area contributed by atoms with Crippen LogP contribution in [0.15, 0.2) is 28.7 Å². The smallest absolute Gasteiger partial charge is 0.122 e. The van der Waals surface area contributed by atoms with Crippen LogP contribution in [0.4, 0.5) is 0 Å². The highest BCUT2D eigenvalue weighted by atomic mass is 79.9. The Morgan fingerprint density at radius 3 is 2.85 bits per heavy atom. The second-order valence-electron chi connectivity index (χ2n) is 5.28. The molecule has 106 valence electrons. The van der Waals surface area contributed by atoms with Crippen molar-refractivity contribution in [3.63, 3.8) is 0 Å². The minimum Gasteiger partial charge on any atom is -0.497 e. The molecule has 1 heterocycles. The molecule has 0 bridgehead atoms. The number of aryl methyl sites for hydroxylation is 1. The van der Waals surface area contributed by atoms with E-state index in [1.807, 2.05) is 12.1 Å². The normalized spacial score (nSPS) is 17.9. The van der Waals surface area contributed by atoms with Crippen LogP contribution in [-0.4, -0.2) is 16.8 Å². The number of hydrogen-bond acceptors (Lipinski definition) is 2. The molecule has 1 aliphatic rings. The number of fused-ring (bicyclic) bond motifs is 1. The first-order valence-electron chi connectivity index (χ1n) is 6.84. The molecule has 1 N–H and O–H groups in total. The van der Waals surface area contributed by atoms with Gasteiger partial charge in [-0.15, -0.1) is 0 Å².